The number of amides is 1. The molecule has 15 heteroatoms. The average molecular weight is 626 g/mol. The first-order chi connectivity index (χ1) is 20.9. The van der Waals surface area contributed by atoms with Crippen molar-refractivity contribution in [3.63, 3.8) is 0 Å². The second kappa shape index (κ2) is 12.6. The number of carbonyl (C=O) groups is 2. The van der Waals surface area contributed by atoms with Gasteiger partial charge in [-0.3, -0.25) is 19.0 Å². The highest BCUT2D eigenvalue weighted by Crippen LogP contribution is 2.32. The number of nitrogens with zero attached hydrogens (tertiary/aromatic N) is 6. The summed E-state index contributed by atoms with van der Waals surface area (Å²) in [4.78, 5) is 53.7. The van der Waals surface area contributed by atoms with Crippen molar-refractivity contribution in [1.29, 1.82) is 0 Å². The van der Waals surface area contributed by atoms with Crippen molar-refractivity contribution in [1.82, 2.24) is 28.5 Å². The van der Waals surface area contributed by atoms with Crippen LogP contribution < -0.4 is 26.2 Å². The van der Waals surface area contributed by atoms with E-state index < -0.39 is 22.2 Å². The molecule has 44 heavy (non-hydrogen) atoms. The average Bonchev–Trinajstić information content (AvgIpc) is 3.51. The van der Waals surface area contributed by atoms with E-state index in [0.717, 1.165) is 31.4 Å². The number of anilines is 3. The van der Waals surface area contributed by atoms with Crippen LogP contribution in [0.4, 0.5) is 17.5 Å². The quantitative estimate of drug-likeness (QED) is 0.296. The number of aryl methyl sites for hydroxylation is 1. The summed E-state index contributed by atoms with van der Waals surface area (Å²) in [6.07, 6.45) is 7.05. The molecular weight excluding hydrogens is 586 g/mol. The summed E-state index contributed by atoms with van der Waals surface area (Å²) in [7, 11) is -4.00. The minimum absolute atomic E-state index is 0.0202. The van der Waals surface area contributed by atoms with Gasteiger partial charge in [0.1, 0.15) is 11.5 Å². The minimum Gasteiger partial charge on any atom is -0.368 e. The van der Waals surface area contributed by atoms with Gasteiger partial charge in [-0.05, 0) is 50.3 Å². The third-order valence-corrected chi connectivity index (χ3v) is 9.94. The van der Waals surface area contributed by atoms with Gasteiger partial charge in [-0.1, -0.05) is 26.7 Å². The molecule has 1 atom stereocenters. The molecule has 5 rings (SSSR count). The van der Waals surface area contributed by atoms with E-state index in [4.69, 9.17) is 10.7 Å². The summed E-state index contributed by atoms with van der Waals surface area (Å²) in [6.45, 7) is 7.87. The monoisotopic (exact) mass is 625 g/mol. The van der Waals surface area contributed by atoms with Gasteiger partial charge in [0.15, 0.2) is 5.78 Å². The first-order valence-corrected chi connectivity index (χ1v) is 16.3. The van der Waals surface area contributed by atoms with Gasteiger partial charge in [0.25, 0.3) is 11.5 Å². The number of carbonyl (C=O) groups excluding carboxylic acids is 2. The maximum atomic E-state index is 13.4. The number of ketones is 1. The molecule has 2 aliphatic rings. The fourth-order valence-electron chi connectivity index (χ4n) is 5.82. The fraction of sp³-hybridized carbons (Fsp3) is 0.517. The smallest absolute Gasteiger partial charge is 0.303 e. The van der Waals surface area contributed by atoms with Crippen LogP contribution in [0.3, 0.4) is 0 Å². The van der Waals surface area contributed by atoms with Crippen LogP contribution in [0.25, 0.3) is 11.0 Å². The molecule has 1 saturated heterocycles. The van der Waals surface area contributed by atoms with Crippen LogP contribution in [0.15, 0.2) is 29.3 Å². The Morgan fingerprint density at radius 1 is 1.05 bits per heavy atom. The lowest BCUT2D eigenvalue weighted by atomic mass is 10.0. The number of hydrogen-bond acceptors (Lipinski definition) is 11. The standard InChI is InChI=1S/C29H39N9O5S/c1-17(2)25(30)27(40)35-44(42,43)37-13-11-36(12-14-37)21-9-10-23(31-15-21)33-29-32-16-22-18(3)24(19(4)39)28(41)38(26(22)34-29)20-7-5-6-8-20/h9-10,15-17,20,25H,5-8,11-14,30H2,1-4H3,(H,35,40)(H,31,32,33,34). The predicted molar refractivity (Wildman–Crippen MR) is 167 cm³/mol. The molecule has 0 radical (unpaired) electrons. The van der Waals surface area contributed by atoms with E-state index in [1.54, 1.807) is 43.8 Å². The molecule has 1 amide bonds. The molecule has 0 spiro atoms. The van der Waals surface area contributed by atoms with E-state index in [0.29, 0.717) is 35.5 Å². The van der Waals surface area contributed by atoms with Gasteiger partial charge >= 0.3 is 10.2 Å². The van der Waals surface area contributed by atoms with Crippen LogP contribution in [0.1, 0.15) is 68.4 Å². The number of pyridine rings is 2. The fourth-order valence-corrected chi connectivity index (χ4v) is 6.98. The normalized spacial score (nSPS) is 17.3. The van der Waals surface area contributed by atoms with E-state index in [-0.39, 0.29) is 47.9 Å². The van der Waals surface area contributed by atoms with E-state index >= 15 is 0 Å². The third kappa shape index (κ3) is 6.30. The molecule has 0 aromatic carbocycles. The first kappa shape index (κ1) is 31.5. The summed E-state index contributed by atoms with van der Waals surface area (Å²) in [5.74, 6) is -0.414. The SMILES string of the molecule is CC(=O)c1c(C)c2cnc(Nc3ccc(N4CCN(S(=O)(=O)NC(=O)C(N)C(C)C)CC4)cn3)nc2n(C2CCCC2)c1=O. The maximum absolute atomic E-state index is 13.4. The second-order valence-electron chi connectivity index (χ2n) is 11.8. The summed E-state index contributed by atoms with van der Waals surface area (Å²) < 4.78 is 30.4. The molecule has 14 nitrogen and oxygen atoms in total. The van der Waals surface area contributed by atoms with Crippen molar-refractivity contribution < 1.29 is 18.0 Å². The number of piperazine rings is 1. The van der Waals surface area contributed by atoms with Crippen LogP contribution in [-0.4, -0.2) is 76.2 Å². The van der Waals surface area contributed by atoms with E-state index in [9.17, 15) is 22.8 Å². The Kier molecular flexibility index (Phi) is 9.00. The van der Waals surface area contributed by atoms with Crippen LogP contribution >= 0.6 is 0 Å². The Hall–Kier alpha value is -3.95. The zero-order valence-corrected chi connectivity index (χ0v) is 26.2. The number of nitrogens with two attached hydrogens (primary N) is 1. The van der Waals surface area contributed by atoms with Crippen LogP contribution in [-0.2, 0) is 15.0 Å². The highest BCUT2D eigenvalue weighted by Gasteiger charge is 2.31. The number of nitrogens with one attached hydrogen (secondary N) is 2. The topological polar surface area (TPSA) is 186 Å². The molecule has 1 unspecified atom stereocenters. The zero-order chi connectivity index (χ0) is 31.8. The van der Waals surface area contributed by atoms with Crippen LogP contribution in [0, 0.1) is 12.8 Å². The Labute approximate surface area is 256 Å². The molecule has 0 bridgehead atoms. The highest BCUT2D eigenvalue weighted by molar-refractivity contribution is 7.87. The van der Waals surface area contributed by atoms with Gasteiger partial charge in [-0.25, -0.2) is 14.7 Å². The van der Waals surface area contributed by atoms with Gasteiger partial charge in [0, 0.05) is 43.8 Å². The van der Waals surface area contributed by atoms with E-state index in [1.165, 1.54) is 11.2 Å². The van der Waals surface area contributed by atoms with Crippen molar-refractivity contribution in [2.24, 2.45) is 11.7 Å². The van der Waals surface area contributed by atoms with Crippen molar-refractivity contribution in [3.05, 3.63) is 46.0 Å². The lowest BCUT2D eigenvalue weighted by Gasteiger charge is -2.35. The molecular formula is C29H39N9O5S. The minimum atomic E-state index is -4.00. The number of aromatic nitrogens is 4. The Morgan fingerprint density at radius 2 is 1.73 bits per heavy atom. The van der Waals surface area contributed by atoms with Crippen LogP contribution in [0.2, 0.25) is 0 Å². The number of hydrogen-bond donors (Lipinski definition) is 3. The van der Waals surface area contributed by atoms with Gasteiger partial charge in [0.2, 0.25) is 5.95 Å². The van der Waals surface area contributed by atoms with Crippen molar-refractivity contribution >= 4 is 50.4 Å². The molecule has 4 heterocycles. The van der Waals surface area contributed by atoms with Gasteiger partial charge in [-0.2, -0.15) is 17.7 Å². The maximum Gasteiger partial charge on any atom is 0.303 e. The predicted octanol–water partition coefficient (Wildman–Crippen LogP) is 2.02. The summed E-state index contributed by atoms with van der Waals surface area (Å²) >= 11 is 0. The van der Waals surface area contributed by atoms with Crippen molar-refractivity contribution in [2.75, 3.05) is 36.4 Å². The molecule has 1 aliphatic heterocycles. The largest absolute Gasteiger partial charge is 0.368 e. The Morgan fingerprint density at radius 3 is 2.32 bits per heavy atom. The molecule has 3 aromatic heterocycles. The number of fused-ring (bicyclic) bond motifs is 1. The van der Waals surface area contributed by atoms with Crippen molar-refractivity contribution in [2.45, 2.75) is 65.5 Å². The van der Waals surface area contributed by atoms with Crippen molar-refractivity contribution in [3.8, 4) is 0 Å². The third-order valence-electron chi connectivity index (χ3n) is 8.43. The van der Waals surface area contributed by atoms with E-state index in [1.807, 2.05) is 11.0 Å². The molecule has 236 valence electrons. The van der Waals surface area contributed by atoms with Crippen LogP contribution in [0.5, 0.6) is 0 Å². The number of rotatable bonds is 9. The number of Topliss-reactive ketones (excluding diaryl/α,β-unsaturated/α-hetero) is 1. The lowest BCUT2D eigenvalue weighted by molar-refractivity contribution is -0.121. The van der Waals surface area contributed by atoms with Gasteiger partial charge in [0.05, 0.1) is 23.5 Å². The summed E-state index contributed by atoms with van der Waals surface area (Å²) in [6, 6.07) is 2.70. The molecule has 1 saturated carbocycles. The Balaban J connectivity index is 1.29. The summed E-state index contributed by atoms with van der Waals surface area (Å²) in [5, 5.41) is 3.78. The second-order valence-corrected chi connectivity index (χ2v) is 13.4. The Bertz CT molecular complexity index is 1730. The molecule has 3 aromatic rings. The summed E-state index contributed by atoms with van der Waals surface area (Å²) in [5.41, 5.74) is 7.55. The molecule has 4 N–H and O–H groups in total. The van der Waals surface area contributed by atoms with E-state index in [2.05, 4.69) is 20.0 Å². The van der Waals surface area contributed by atoms with Gasteiger partial charge < -0.3 is 16.0 Å². The molecule has 1 aliphatic carbocycles. The highest BCUT2D eigenvalue weighted by atomic mass is 32.2. The first-order valence-electron chi connectivity index (χ1n) is 14.9. The molecule has 2 fully saturated rings. The zero-order valence-electron chi connectivity index (χ0n) is 25.4. The van der Waals surface area contributed by atoms with Gasteiger partial charge in [-0.15, -0.1) is 0 Å². The lowest BCUT2D eigenvalue weighted by Crippen LogP contribution is -2.55.